The van der Waals surface area contributed by atoms with E-state index >= 15 is 0 Å². The van der Waals surface area contributed by atoms with Crippen LogP contribution in [0, 0.1) is 0 Å². The molecule has 10 aromatic carbocycles. The van der Waals surface area contributed by atoms with Gasteiger partial charge in [0.25, 0.3) is 0 Å². The van der Waals surface area contributed by atoms with Crippen LogP contribution in [-0.4, -0.2) is 5.11 Å². The highest BCUT2D eigenvalue weighted by atomic mass is 16.3. The molecule has 2 nitrogen and oxygen atoms in total. The minimum atomic E-state index is 0.200. The van der Waals surface area contributed by atoms with E-state index in [1.165, 1.54) is 0 Å². The Hall–Kier alpha value is -7.94. The molecule has 0 aliphatic heterocycles. The van der Waals surface area contributed by atoms with Gasteiger partial charge in [-0.05, 0) is 127 Å². The first-order valence-electron chi connectivity index (χ1n) is 20.4. The van der Waals surface area contributed by atoms with E-state index in [9.17, 15) is 5.11 Å². The molecule has 0 aliphatic carbocycles. The van der Waals surface area contributed by atoms with Gasteiger partial charge in [0.05, 0.1) is 5.69 Å². The summed E-state index contributed by atoms with van der Waals surface area (Å²) >= 11 is 0. The zero-order valence-electron chi connectivity index (χ0n) is 33.0. The second-order valence-corrected chi connectivity index (χ2v) is 15.1. The molecule has 0 aromatic heterocycles. The maximum absolute atomic E-state index is 13.1. The zero-order chi connectivity index (χ0) is 40.3. The average molecular weight is 768 g/mol. The van der Waals surface area contributed by atoms with Crippen molar-refractivity contribution in [1.82, 2.24) is 0 Å². The van der Waals surface area contributed by atoms with Gasteiger partial charge >= 0.3 is 0 Å². The van der Waals surface area contributed by atoms with Crippen molar-refractivity contribution in [3.8, 4) is 72.5 Å². The molecular formula is C58H41NO. The number of phenolic OH excluding ortho intramolecular Hbond substituents is 1. The van der Waals surface area contributed by atoms with Crippen molar-refractivity contribution >= 4 is 27.8 Å². The first kappa shape index (κ1) is 36.4. The minimum absolute atomic E-state index is 0.200. The van der Waals surface area contributed by atoms with Crippen molar-refractivity contribution in [3.05, 3.63) is 243 Å². The molecule has 0 saturated carbocycles. The molecule has 284 valence electrons. The van der Waals surface area contributed by atoms with Crippen molar-refractivity contribution in [2.24, 2.45) is 0 Å². The molecule has 2 heteroatoms. The van der Waals surface area contributed by atoms with Crippen LogP contribution in [0.1, 0.15) is 0 Å². The lowest BCUT2D eigenvalue weighted by Crippen LogP contribution is -2.11. The maximum Gasteiger partial charge on any atom is 0.148 e. The molecule has 1 N–H and O–H groups in total. The van der Waals surface area contributed by atoms with Crippen LogP contribution in [-0.2, 0) is 0 Å². The van der Waals surface area contributed by atoms with E-state index in [1.807, 2.05) is 12.1 Å². The summed E-state index contributed by atoms with van der Waals surface area (Å²) in [5.74, 6) is 0.200. The van der Waals surface area contributed by atoms with Gasteiger partial charge < -0.3 is 10.0 Å². The Morgan fingerprint density at radius 3 is 1.33 bits per heavy atom. The largest absolute Gasteiger partial charge is 0.505 e. The van der Waals surface area contributed by atoms with E-state index in [-0.39, 0.29) is 5.75 Å². The van der Waals surface area contributed by atoms with E-state index in [2.05, 4.69) is 235 Å². The molecule has 0 heterocycles. The second kappa shape index (κ2) is 16.1. The Morgan fingerprint density at radius 1 is 0.267 bits per heavy atom. The predicted octanol–water partition coefficient (Wildman–Crippen LogP) is 16.0. The lowest BCUT2D eigenvalue weighted by Gasteiger charge is -2.29. The molecule has 10 aromatic rings. The van der Waals surface area contributed by atoms with Gasteiger partial charge in [0, 0.05) is 16.9 Å². The highest BCUT2D eigenvalue weighted by Crippen LogP contribution is 2.50. The van der Waals surface area contributed by atoms with Crippen LogP contribution in [0.5, 0.6) is 5.75 Å². The van der Waals surface area contributed by atoms with E-state index in [0.29, 0.717) is 5.69 Å². The molecule has 10 rings (SSSR count). The third kappa shape index (κ3) is 7.23. The van der Waals surface area contributed by atoms with Crippen LogP contribution in [0.15, 0.2) is 243 Å². The van der Waals surface area contributed by atoms with Crippen molar-refractivity contribution in [2.75, 3.05) is 4.90 Å². The summed E-state index contributed by atoms with van der Waals surface area (Å²) in [6.45, 7) is 0. The van der Waals surface area contributed by atoms with Gasteiger partial charge in [0.2, 0.25) is 0 Å². The highest BCUT2D eigenvalue weighted by Gasteiger charge is 2.24. The summed E-state index contributed by atoms with van der Waals surface area (Å²) in [7, 11) is 0. The number of anilines is 3. The fourth-order valence-corrected chi connectivity index (χ4v) is 8.33. The number of rotatable bonds is 9. The summed E-state index contributed by atoms with van der Waals surface area (Å²) in [5, 5.41) is 15.4. The Balaban J connectivity index is 1.21. The summed E-state index contributed by atoms with van der Waals surface area (Å²) < 4.78 is 0. The van der Waals surface area contributed by atoms with Gasteiger partial charge in [-0.3, -0.25) is 0 Å². The third-order valence-electron chi connectivity index (χ3n) is 11.3. The topological polar surface area (TPSA) is 23.5 Å². The average Bonchev–Trinajstić information content (AvgIpc) is 3.33. The van der Waals surface area contributed by atoms with Crippen LogP contribution in [0.25, 0.3) is 77.5 Å². The van der Waals surface area contributed by atoms with Crippen LogP contribution >= 0.6 is 0 Å². The maximum atomic E-state index is 13.1. The Kier molecular flexibility index (Phi) is 9.79. The number of fused-ring (bicyclic) bond motifs is 1. The number of hydrogen-bond donors (Lipinski definition) is 1. The van der Waals surface area contributed by atoms with E-state index in [0.717, 1.165) is 88.9 Å². The lowest BCUT2D eigenvalue weighted by atomic mass is 9.88. The van der Waals surface area contributed by atoms with Gasteiger partial charge in [0.1, 0.15) is 5.75 Å². The highest BCUT2D eigenvalue weighted by molar-refractivity contribution is 5.99. The molecule has 0 atom stereocenters. The molecule has 0 amide bonds. The Bertz CT molecular complexity index is 3010. The first-order chi connectivity index (χ1) is 29.7. The first-order valence-corrected chi connectivity index (χ1v) is 20.4. The molecule has 0 saturated heterocycles. The van der Waals surface area contributed by atoms with Gasteiger partial charge in [-0.15, -0.1) is 0 Å². The molecule has 0 radical (unpaired) electrons. The van der Waals surface area contributed by atoms with Gasteiger partial charge in [-0.1, -0.05) is 188 Å². The fourth-order valence-electron chi connectivity index (χ4n) is 8.33. The molecule has 0 spiro atoms. The minimum Gasteiger partial charge on any atom is -0.505 e. The van der Waals surface area contributed by atoms with Gasteiger partial charge in [0.15, 0.2) is 0 Å². The van der Waals surface area contributed by atoms with Gasteiger partial charge in [-0.25, -0.2) is 0 Å². The summed E-state index contributed by atoms with van der Waals surface area (Å²) in [5.41, 5.74) is 15.2. The molecule has 60 heavy (non-hydrogen) atoms. The van der Waals surface area contributed by atoms with Crippen molar-refractivity contribution in [3.63, 3.8) is 0 Å². The quantitative estimate of drug-likeness (QED) is 0.158. The number of benzene rings is 10. The monoisotopic (exact) mass is 767 g/mol. The SMILES string of the molecule is Oc1c(N(c2ccc(-c3ccccc3)cc2)c2cccc(-c3ccccc3)c2)ccc(-c2cc(-c3ccccc3)cc(-c3ccccc3)c2)c1-c1ccc2ccccc2c1. The van der Waals surface area contributed by atoms with Crippen molar-refractivity contribution in [1.29, 1.82) is 0 Å². The van der Waals surface area contributed by atoms with E-state index in [4.69, 9.17) is 0 Å². The molecule has 0 aliphatic rings. The summed E-state index contributed by atoms with van der Waals surface area (Å²) in [4.78, 5) is 2.18. The second-order valence-electron chi connectivity index (χ2n) is 15.1. The predicted molar refractivity (Wildman–Crippen MR) is 253 cm³/mol. The number of nitrogens with zero attached hydrogens (tertiary/aromatic N) is 1. The zero-order valence-corrected chi connectivity index (χ0v) is 33.0. The van der Waals surface area contributed by atoms with Crippen LogP contribution in [0.3, 0.4) is 0 Å². The van der Waals surface area contributed by atoms with Crippen molar-refractivity contribution < 1.29 is 5.11 Å². The van der Waals surface area contributed by atoms with Crippen LogP contribution in [0.2, 0.25) is 0 Å². The van der Waals surface area contributed by atoms with Gasteiger partial charge in [-0.2, -0.15) is 0 Å². The van der Waals surface area contributed by atoms with Crippen LogP contribution in [0.4, 0.5) is 17.1 Å². The van der Waals surface area contributed by atoms with E-state index in [1.54, 1.807) is 0 Å². The number of hydrogen-bond acceptors (Lipinski definition) is 2. The summed E-state index contributed by atoms with van der Waals surface area (Å²) in [6.07, 6.45) is 0. The fraction of sp³-hybridized carbons (Fsp3) is 0. The smallest absolute Gasteiger partial charge is 0.148 e. The molecule has 0 unspecified atom stereocenters. The standard InChI is InChI=1S/C58H41NO/c60-58-56(59(53-32-30-46(31-33-53)41-16-5-1-6-17-41)54-27-15-26-48(40-54)42-18-7-2-8-19-42)35-34-55(57(58)49-29-28-45-24-13-14-25-47(45)36-49)52-38-50(43-20-9-3-10-21-43)37-51(39-52)44-22-11-4-12-23-44/h1-40,60H. The third-order valence-corrected chi connectivity index (χ3v) is 11.3. The lowest BCUT2D eigenvalue weighted by molar-refractivity contribution is 0.479. The van der Waals surface area contributed by atoms with Crippen LogP contribution < -0.4 is 4.90 Å². The molecule has 0 bridgehead atoms. The summed E-state index contributed by atoms with van der Waals surface area (Å²) in [6, 6.07) is 85.1. The van der Waals surface area contributed by atoms with E-state index < -0.39 is 0 Å². The number of phenols is 1. The Labute approximate surface area is 351 Å². The molecule has 0 fully saturated rings. The number of aromatic hydroxyl groups is 1. The Morgan fingerprint density at radius 2 is 0.733 bits per heavy atom. The molecular weight excluding hydrogens is 727 g/mol. The van der Waals surface area contributed by atoms with Crippen molar-refractivity contribution in [2.45, 2.75) is 0 Å². The normalized spacial score (nSPS) is 11.1.